The number of rotatable bonds is 8. The highest BCUT2D eigenvalue weighted by atomic mass is 35.5. The Labute approximate surface area is 191 Å². The van der Waals surface area contributed by atoms with E-state index in [1.807, 2.05) is 18.2 Å². The lowest BCUT2D eigenvalue weighted by molar-refractivity contribution is -0.0961. The van der Waals surface area contributed by atoms with Crippen molar-refractivity contribution in [2.45, 2.75) is 25.1 Å². The van der Waals surface area contributed by atoms with Gasteiger partial charge in [0.25, 0.3) is 0 Å². The molecule has 3 rings (SSSR count). The molecule has 3 N–H and O–H groups in total. The van der Waals surface area contributed by atoms with Gasteiger partial charge < -0.3 is 25.1 Å². The summed E-state index contributed by atoms with van der Waals surface area (Å²) in [6, 6.07) is 14.4. The second kappa shape index (κ2) is 13.0. The number of morpholine rings is 1. The zero-order chi connectivity index (χ0) is 19.9. The summed E-state index contributed by atoms with van der Waals surface area (Å²) in [5, 5.41) is 9.91. The van der Waals surface area contributed by atoms with Crippen molar-refractivity contribution in [1.29, 1.82) is 0 Å². The number of halogens is 2. The summed E-state index contributed by atoms with van der Waals surface area (Å²) >= 11 is 0. The lowest BCUT2D eigenvalue weighted by atomic mass is 9.97. The minimum atomic E-state index is -0.289. The Morgan fingerprint density at radius 3 is 2.30 bits per heavy atom. The SMILES string of the molecule is COc1ccc([C@@H]2[C@@H](CO)OCCN2Cc2ccc(CCN)cc2)cc1OC.Cl.Cl. The zero-order valence-corrected chi connectivity index (χ0v) is 19.1. The van der Waals surface area contributed by atoms with E-state index < -0.39 is 0 Å². The molecule has 1 aliphatic heterocycles. The van der Waals surface area contributed by atoms with Gasteiger partial charge >= 0.3 is 0 Å². The lowest BCUT2D eigenvalue weighted by Gasteiger charge is -2.41. The smallest absolute Gasteiger partial charge is 0.161 e. The van der Waals surface area contributed by atoms with E-state index in [0.717, 1.165) is 25.1 Å². The molecule has 1 saturated heterocycles. The molecule has 1 aliphatic rings. The summed E-state index contributed by atoms with van der Waals surface area (Å²) in [6.07, 6.45) is 0.599. The summed E-state index contributed by atoms with van der Waals surface area (Å²) in [7, 11) is 3.25. The molecule has 2 atom stereocenters. The van der Waals surface area contributed by atoms with Crippen molar-refractivity contribution in [3.63, 3.8) is 0 Å². The Morgan fingerprint density at radius 1 is 1.03 bits per heavy atom. The third-order valence-corrected chi connectivity index (χ3v) is 5.23. The van der Waals surface area contributed by atoms with Crippen LogP contribution in [0.4, 0.5) is 0 Å². The van der Waals surface area contributed by atoms with Gasteiger partial charge in [0.15, 0.2) is 11.5 Å². The number of nitrogens with two attached hydrogens (primary N) is 1. The Bertz CT molecular complexity index is 761. The molecular weight excluding hydrogens is 427 g/mol. The fourth-order valence-electron chi connectivity index (χ4n) is 3.79. The Balaban J connectivity index is 0.00000225. The molecule has 0 aliphatic carbocycles. The van der Waals surface area contributed by atoms with Crippen LogP contribution in [0.15, 0.2) is 42.5 Å². The fourth-order valence-corrected chi connectivity index (χ4v) is 3.79. The molecule has 2 aromatic carbocycles. The average molecular weight is 459 g/mol. The number of ether oxygens (including phenoxy) is 3. The first-order valence-corrected chi connectivity index (χ1v) is 9.66. The maximum Gasteiger partial charge on any atom is 0.161 e. The summed E-state index contributed by atoms with van der Waals surface area (Å²) in [5.74, 6) is 1.36. The second-order valence-electron chi connectivity index (χ2n) is 6.98. The third kappa shape index (κ3) is 6.23. The van der Waals surface area contributed by atoms with Crippen molar-refractivity contribution in [3.05, 3.63) is 59.2 Å². The van der Waals surface area contributed by atoms with Crippen LogP contribution in [0.3, 0.4) is 0 Å². The molecule has 30 heavy (non-hydrogen) atoms. The van der Waals surface area contributed by atoms with Crippen LogP contribution in [0.25, 0.3) is 0 Å². The van der Waals surface area contributed by atoms with Gasteiger partial charge in [-0.25, -0.2) is 0 Å². The van der Waals surface area contributed by atoms with Gasteiger partial charge in [-0.1, -0.05) is 30.3 Å². The van der Waals surface area contributed by atoms with Gasteiger partial charge in [-0.15, -0.1) is 24.8 Å². The van der Waals surface area contributed by atoms with Gasteiger partial charge in [0, 0.05) is 13.1 Å². The number of hydrogen-bond donors (Lipinski definition) is 2. The molecule has 0 aromatic heterocycles. The van der Waals surface area contributed by atoms with Crippen molar-refractivity contribution in [1.82, 2.24) is 4.90 Å². The highest BCUT2D eigenvalue weighted by Gasteiger charge is 2.33. The van der Waals surface area contributed by atoms with Gasteiger partial charge in [-0.3, -0.25) is 4.90 Å². The van der Waals surface area contributed by atoms with Crippen molar-refractivity contribution in [2.75, 3.05) is 40.5 Å². The van der Waals surface area contributed by atoms with E-state index in [1.165, 1.54) is 11.1 Å². The molecule has 1 fully saturated rings. The highest BCUT2D eigenvalue weighted by Crippen LogP contribution is 2.36. The minimum Gasteiger partial charge on any atom is -0.493 e. The second-order valence-corrected chi connectivity index (χ2v) is 6.98. The van der Waals surface area contributed by atoms with Crippen molar-refractivity contribution in [3.8, 4) is 11.5 Å². The largest absolute Gasteiger partial charge is 0.493 e. The van der Waals surface area contributed by atoms with E-state index >= 15 is 0 Å². The predicted molar refractivity (Wildman–Crippen MR) is 123 cm³/mol. The molecule has 0 spiro atoms. The number of methoxy groups -OCH3 is 2. The molecular formula is C22H32Cl2N2O4. The molecule has 0 amide bonds. The maximum atomic E-state index is 9.91. The van der Waals surface area contributed by atoms with Gasteiger partial charge in [0.2, 0.25) is 0 Å². The first-order valence-electron chi connectivity index (χ1n) is 9.66. The standard InChI is InChI=1S/C22H30N2O4.2ClH/c1-26-19-8-7-18(13-20(19)27-2)22-21(15-25)28-12-11-24(22)14-17-5-3-16(4-6-17)9-10-23;;/h3-8,13,21-22,25H,9-12,14-15,23H2,1-2H3;2*1H/t21-,22-;;/m1../s1. The third-order valence-electron chi connectivity index (χ3n) is 5.23. The fraction of sp³-hybridized carbons (Fsp3) is 0.455. The Hall–Kier alpha value is -1.54. The monoisotopic (exact) mass is 458 g/mol. The van der Waals surface area contributed by atoms with Crippen molar-refractivity contribution < 1.29 is 19.3 Å². The van der Waals surface area contributed by atoms with Crippen LogP contribution in [0.2, 0.25) is 0 Å². The predicted octanol–water partition coefficient (Wildman–Crippen LogP) is 2.98. The molecule has 6 nitrogen and oxygen atoms in total. The van der Waals surface area contributed by atoms with E-state index in [1.54, 1.807) is 14.2 Å². The van der Waals surface area contributed by atoms with Gasteiger partial charge in [-0.05, 0) is 41.8 Å². The molecule has 2 aromatic rings. The van der Waals surface area contributed by atoms with Crippen molar-refractivity contribution >= 4 is 24.8 Å². The number of hydrogen-bond acceptors (Lipinski definition) is 6. The number of aliphatic hydroxyl groups excluding tert-OH is 1. The van der Waals surface area contributed by atoms with Gasteiger partial charge in [0.1, 0.15) is 6.10 Å². The van der Waals surface area contributed by atoms with E-state index in [2.05, 4.69) is 29.2 Å². The van der Waals surface area contributed by atoms with Crippen LogP contribution < -0.4 is 15.2 Å². The average Bonchev–Trinajstić information content (AvgIpc) is 2.74. The van der Waals surface area contributed by atoms with Gasteiger partial charge in [0.05, 0.1) is 33.5 Å². The summed E-state index contributed by atoms with van der Waals surface area (Å²) in [4.78, 5) is 2.35. The summed E-state index contributed by atoms with van der Waals surface area (Å²) in [6.45, 7) is 2.79. The van der Waals surface area contributed by atoms with Crippen LogP contribution in [-0.4, -0.2) is 56.6 Å². The van der Waals surface area contributed by atoms with Crippen molar-refractivity contribution in [2.24, 2.45) is 5.73 Å². The quantitative estimate of drug-likeness (QED) is 0.632. The molecule has 0 bridgehead atoms. The van der Waals surface area contributed by atoms with E-state index in [0.29, 0.717) is 24.7 Å². The van der Waals surface area contributed by atoms with E-state index in [9.17, 15) is 5.11 Å². The normalized spacial score (nSPS) is 18.8. The maximum absolute atomic E-state index is 9.91. The van der Waals surface area contributed by atoms with Gasteiger partial charge in [-0.2, -0.15) is 0 Å². The molecule has 8 heteroatoms. The number of benzene rings is 2. The molecule has 0 unspecified atom stereocenters. The first kappa shape index (κ1) is 26.5. The topological polar surface area (TPSA) is 77.2 Å². The zero-order valence-electron chi connectivity index (χ0n) is 17.5. The summed E-state index contributed by atoms with van der Waals surface area (Å²) in [5.41, 5.74) is 9.15. The number of aliphatic hydroxyl groups is 1. The van der Waals surface area contributed by atoms with Crippen LogP contribution in [0.1, 0.15) is 22.7 Å². The highest BCUT2D eigenvalue weighted by molar-refractivity contribution is 5.85. The van der Waals surface area contributed by atoms with E-state index in [-0.39, 0.29) is 43.6 Å². The van der Waals surface area contributed by atoms with Crippen LogP contribution >= 0.6 is 24.8 Å². The van der Waals surface area contributed by atoms with Crippen LogP contribution in [-0.2, 0) is 17.7 Å². The molecule has 1 heterocycles. The molecule has 0 saturated carbocycles. The Kier molecular flexibility index (Phi) is 11.5. The van der Waals surface area contributed by atoms with Crippen LogP contribution in [0, 0.1) is 0 Å². The number of nitrogens with zero attached hydrogens (tertiary/aromatic N) is 1. The lowest BCUT2D eigenvalue weighted by Crippen LogP contribution is -2.46. The molecule has 168 valence electrons. The van der Waals surface area contributed by atoms with E-state index in [4.69, 9.17) is 19.9 Å². The molecule has 0 radical (unpaired) electrons. The summed E-state index contributed by atoms with van der Waals surface area (Å²) < 4.78 is 16.7. The van der Waals surface area contributed by atoms with Crippen LogP contribution in [0.5, 0.6) is 11.5 Å². The first-order chi connectivity index (χ1) is 13.7. The Morgan fingerprint density at radius 2 is 1.70 bits per heavy atom. The minimum absolute atomic E-state index is 0.